The Labute approximate surface area is 133 Å². The summed E-state index contributed by atoms with van der Waals surface area (Å²) in [6.45, 7) is 8.48. The van der Waals surface area contributed by atoms with Crippen LogP contribution in [0.15, 0.2) is 30.3 Å². The van der Waals surface area contributed by atoms with Crippen LogP contribution in [0.5, 0.6) is 0 Å². The zero-order chi connectivity index (χ0) is 16.4. The van der Waals surface area contributed by atoms with Crippen molar-refractivity contribution in [2.75, 3.05) is 0 Å². The molecule has 1 aromatic carbocycles. The topological polar surface area (TPSA) is 49.8 Å². The fourth-order valence-corrected chi connectivity index (χ4v) is 3.39. The number of benzene rings is 1. The second-order valence-corrected chi connectivity index (χ2v) is 7.39. The van der Waals surface area contributed by atoms with Crippen LogP contribution in [0.4, 0.5) is 0 Å². The third kappa shape index (κ3) is 3.87. The van der Waals surface area contributed by atoms with Gasteiger partial charge in [-0.3, -0.25) is 4.84 Å². The van der Waals surface area contributed by atoms with Gasteiger partial charge in [-0.1, -0.05) is 30.3 Å². The van der Waals surface area contributed by atoms with E-state index < -0.39 is 12.1 Å². The van der Waals surface area contributed by atoms with E-state index in [1.165, 1.54) is 0 Å². The summed E-state index contributed by atoms with van der Waals surface area (Å²) in [6, 6.07) is 9.64. The first-order chi connectivity index (χ1) is 10.2. The Morgan fingerprint density at radius 2 is 1.73 bits per heavy atom. The molecule has 4 heteroatoms. The van der Waals surface area contributed by atoms with Crippen molar-refractivity contribution >= 4 is 5.97 Å². The van der Waals surface area contributed by atoms with Crippen LogP contribution in [0.25, 0.3) is 0 Å². The molecule has 2 rings (SSSR count). The number of carboxylic acids is 1. The second-order valence-electron chi connectivity index (χ2n) is 7.39. The molecule has 1 aromatic rings. The Morgan fingerprint density at radius 3 is 2.23 bits per heavy atom. The van der Waals surface area contributed by atoms with Gasteiger partial charge in [0, 0.05) is 17.5 Å². The molecule has 4 nitrogen and oxygen atoms in total. The molecule has 0 aliphatic carbocycles. The fourth-order valence-electron chi connectivity index (χ4n) is 3.39. The van der Waals surface area contributed by atoms with Gasteiger partial charge in [0.25, 0.3) is 0 Å². The largest absolute Gasteiger partial charge is 0.479 e. The van der Waals surface area contributed by atoms with Gasteiger partial charge in [0.1, 0.15) is 0 Å². The molecule has 1 fully saturated rings. The molecule has 0 bridgehead atoms. The van der Waals surface area contributed by atoms with Gasteiger partial charge in [0.2, 0.25) is 0 Å². The number of hydrogen-bond acceptors (Lipinski definition) is 3. The zero-order valence-corrected chi connectivity index (χ0v) is 14.0. The molecular weight excluding hydrogens is 278 g/mol. The van der Waals surface area contributed by atoms with Crippen molar-refractivity contribution in [3.8, 4) is 0 Å². The minimum Gasteiger partial charge on any atom is -0.479 e. The maximum absolute atomic E-state index is 11.6. The highest BCUT2D eigenvalue weighted by atomic mass is 16.7. The molecule has 0 radical (unpaired) electrons. The molecule has 1 heterocycles. The molecule has 1 atom stereocenters. The maximum atomic E-state index is 11.6. The van der Waals surface area contributed by atoms with E-state index in [1.54, 1.807) is 0 Å². The molecular formula is C18H27NO3. The van der Waals surface area contributed by atoms with Gasteiger partial charge in [-0.2, -0.15) is 5.06 Å². The molecule has 122 valence electrons. The molecule has 1 aliphatic heterocycles. The van der Waals surface area contributed by atoms with E-state index >= 15 is 0 Å². The molecule has 1 saturated heterocycles. The SMILES string of the molecule is CC1(C)CCCC(C)(C)N1O[C@H](Cc1ccccc1)C(=O)O. The fraction of sp³-hybridized carbons (Fsp3) is 0.611. The average Bonchev–Trinajstić information content (AvgIpc) is 2.42. The van der Waals surface area contributed by atoms with E-state index in [0.29, 0.717) is 6.42 Å². The number of carbonyl (C=O) groups is 1. The van der Waals surface area contributed by atoms with Crippen LogP contribution in [-0.2, 0) is 16.1 Å². The van der Waals surface area contributed by atoms with E-state index in [1.807, 2.05) is 35.4 Å². The van der Waals surface area contributed by atoms with Crippen LogP contribution < -0.4 is 0 Å². The van der Waals surface area contributed by atoms with Gasteiger partial charge in [0.15, 0.2) is 6.10 Å². The summed E-state index contributed by atoms with van der Waals surface area (Å²) >= 11 is 0. The van der Waals surface area contributed by atoms with Crippen molar-refractivity contribution in [1.29, 1.82) is 0 Å². The molecule has 1 N–H and O–H groups in total. The van der Waals surface area contributed by atoms with E-state index in [0.717, 1.165) is 24.8 Å². The van der Waals surface area contributed by atoms with Crippen molar-refractivity contribution in [3.63, 3.8) is 0 Å². The minimum atomic E-state index is -0.916. The van der Waals surface area contributed by atoms with Crippen LogP contribution in [0, 0.1) is 0 Å². The molecule has 0 amide bonds. The number of aliphatic carboxylic acids is 1. The van der Waals surface area contributed by atoms with Crippen molar-refractivity contribution < 1.29 is 14.7 Å². The van der Waals surface area contributed by atoms with Crippen LogP contribution in [0.3, 0.4) is 0 Å². The number of carboxylic acid groups (broad SMARTS) is 1. The first-order valence-corrected chi connectivity index (χ1v) is 7.96. The molecule has 22 heavy (non-hydrogen) atoms. The lowest BCUT2D eigenvalue weighted by atomic mass is 9.82. The normalized spacial score (nSPS) is 22.2. The maximum Gasteiger partial charge on any atom is 0.335 e. The lowest BCUT2D eigenvalue weighted by Crippen LogP contribution is -2.60. The number of hydroxylamine groups is 2. The number of nitrogens with zero attached hydrogens (tertiary/aromatic N) is 1. The predicted octanol–water partition coefficient (Wildman–Crippen LogP) is 3.66. The van der Waals surface area contributed by atoms with Gasteiger partial charge >= 0.3 is 5.97 Å². The second kappa shape index (κ2) is 6.39. The lowest BCUT2D eigenvalue weighted by molar-refractivity contribution is -0.301. The van der Waals surface area contributed by atoms with Gasteiger partial charge in [0.05, 0.1) is 0 Å². The van der Waals surface area contributed by atoms with Crippen molar-refractivity contribution in [2.45, 2.75) is 70.6 Å². The molecule has 0 aromatic heterocycles. The standard InChI is InChI=1S/C18H27NO3/c1-17(2)11-8-12-18(3,4)19(17)22-15(16(20)21)13-14-9-6-5-7-10-14/h5-7,9-10,15H,8,11-13H2,1-4H3,(H,20,21)/t15-/m1/s1. The number of hydrogen-bond donors (Lipinski definition) is 1. The Morgan fingerprint density at radius 1 is 1.18 bits per heavy atom. The Hall–Kier alpha value is -1.39. The van der Waals surface area contributed by atoms with Crippen LogP contribution in [0.1, 0.15) is 52.5 Å². The molecule has 1 aliphatic rings. The number of rotatable bonds is 5. The lowest BCUT2D eigenvalue weighted by Gasteiger charge is -2.52. The van der Waals surface area contributed by atoms with Crippen molar-refractivity contribution in [3.05, 3.63) is 35.9 Å². The van der Waals surface area contributed by atoms with E-state index in [-0.39, 0.29) is 11.1 Å². The summed E-state index contributed by atoms with van der Waals surface area (Å²) in [4.78, 5) is 17.7. The van der Waals surface area contributed by atoms with Gasteiger partial charge in [-0.05, 0) is 52.5 Å². The third-order valence-corrected chi connectivity index (χ3v) is 4.45. The monoisotopic (exact) mass is 305 g/mol. The highest BCUT2D eigenvalue weighted by Crippen LogP contribution is 2.39. The summed E-state index contributed by atoms with van der Waals surface area (Å²) in [5, 5.41) is 11.5. The average molecular weight is 305 g/mol. The van der Waals surface area contributed by atoms with Gasteiger partial charge in [-0.15, -0.1) is 0 Å². The van der Waals surface area contributed by atoms with Crippen molar-refractivity contribution in [2.24, 2.45) is 0 Å². The summed E-state index contributed by atoms with van der Waals surface area (Å²) in [5.74, 6) is -0.916. The summed E-state index contributed by atoms with van der Waals surface area (Å²) in [6.07, 6.45) is 2.66. The smallest absolute Gasteiger partial charge is 0.335 e. The Bertz CT molecular complexity index is 494. The quantitative estimate of drug-likeness (QED) is 0.902. The number of piperidine rings is 1. The molecule has 0 spiro atoms. The van der Waals surface area contributed by atoms with Crippen LogP contribution in [0.2, 0.25) is 0 Å². The van der Waals surface area contributed by atoms with E-state index in [9.17, 15) is 9.90 Å². The summed E-state index contributed by atoms with van der Waals surface area (Å²) in [5.41, 5.74) is 0.653. The summed E-state index contributed by atoms with van der Waals surface area (Å²) < 4.78 is 0. The highest BCUT2D eigenvalue weighted by Gasteiger charge is 2.44. The Kier molecular flexibility index (Phi) is 4.93. The minimum absolute atomic E-state index is 0.161. The van der Waals surface area contributed by atoms with Crippen molar-refractivity contribution in [1.82, 2.24) is 5.06 Å². The molecule has 0 unspecified atom stereocenters. The molecule has 0 saturated carbocycles. The van der Waals surface area contributed by atoms with Crippen LogP contribution >= 0.6 is 0 Å². The first kappa shape index (κ1) is 17.0. The van der Waals surface area contributed by atoms with E-state index in [2.05, 4.69) is 27.7 Å². The third-order valence-electron chi connectivity index (χ3n) is 4.45. The van der Waals surface area contributed by atoms with Gasteiger partial charge < -0.3 is 5.11 Å². The predicted molar refractivity (Wildman–Crippen MR) is 86.5 cm³/mol. The summed E-state index contributed by atoms with van der Waals surface area (Å²) in [7, 11) is 0. The zero-order valence-electron chi connectivity index (χ0n) is 14.0. The first-order valence-electron chi connectivity index (χ1n) is 7.96. The van der Waals surface area contributed by atoms with Crippen LogP contribution in [-0.4, -0.2) is 33.3 Å². The van der Waals surface area contributed by atoms with E-state index in [4.69, 9.17) is 4.84 Å². The highest BCUT2D eigenvalue weighted by molar-refractivity contribution is 5.72. The van der Waals surface area contributed by atoms with Gasteiger partial charge in [-0.25, -0.2) is 4.79 Å². The Balaban J connectivity index is 2.17.